The van der Waals surface area contributed by atoms with Crippen molar-refractivity contribution in [2.75, 3.05) is 0 Å². The summed E-state index contributed by atoms with van der Waals surface area (Å²) in [5.41, 5.74) is 7.36. The number of rotatable bonds is 16. The first-order valence-electron chi connectivity index (χ1n) is 13.3. The molecular formula is C30H46O2S. The summed E-state index contributed by atoms with van der Waals surface area (Å²) in [7, 11) is 0. The number of benzene rings is 2. The van der Waals surface area contributed by atoms with E-state index in [0.29, 0.717) is 11.5 Å². The van der Waals surface area contributed by atoms with Crippen molar-refractivity contribution < 1.29 is 10.2 Å². The van der Waals surface area contributed by atoms with Gasteiger partial charge in [0.05, 0.1) is 0 Å². The van der Waals surface area contributed by atoms with Crippen molar-refractivity contribution in [3.05, 3.63) is 57.6 Å². The molecule has 2 aromatic rings. The van der Waals surface area contributed by atoms with Crippen molar-refractivity contribution in [1.82, 2.24) is 0 Å². The number of aryl methyl sites for hydroxylation is 4. The van der Waals surface area contributed by atoms with Gasteiger partial charge in [-0.05, 0) is 90.8 Å². The molecule has 0 saturated carbocycles. The SMILES string of the molecule is CCCCc1cc(CSCc2cc(CCCC)c(O)c(CCCC)c2)c(CCCC)cc1O. The quantitative estimate of drug-likeness (QED) is 0.257. The zero-order valence-corrected chi connectivity index (χ0v) is 22.3. The molecule has 2 aromatic carbocycles. The van der Waals surface area contributed by atoms with Crippen LogP contribution in [0.3, 0.4) is 0 Å². The maximum absolute atomic E-state index is 10.8. The highest BCUT2D eigenvalue weighted by atomic mass is 32.2. The average molecular weight is 471 g/mol. The molecule has 0 aliphatic carbocycles. The van der Waals surface area contributed by atoms with Crippen LogP contribution in [0.5, 0.6) is 11.5 Å². The van der Waals surface area contributed by atoms with Gasteiger partial charge in [-0.2, -0.15) is 11.8 Å². The maximum atomic E-state index is 10.8. The fraction of sp³-hybridized carbons (Fsp3) is 0.600. The van der Waals surface area contributed by atoms with Crippen LogP contribution in [-0.2, 0) is 37.2 Å². The molecule has 0 aliphatic rings. The van der Waals surface area contributed by atoms with E-state index < -0.39 is 0 Å². The van der Waals surface area contributed by atoms with Crippen molar-refractivity contribution in [1.29, 1.82) is 0 Å². The van der Waals surface area contributed by atoms with E-state index in [1.165, 1.54) is 23.1 Å². The number of unbranched alkanes of at least 4 members (excludes halogenated alkanes) is 4. The predicted octanol–water partition coefficient (Wildman–Crippen LogP) is 8.90. The second kappa shape index (κ2) is 15.3. The molecule has 0 radical (unpaired) electrons. The highest BCUT2D eigenvalue weighted by molar-refractivity contribution is 7.97. The Morgan fingerprint density at radius 3 is 1.55 bits per heavy atom. The van der Waals surface area contributed by atoms with Crippen LogP contribution in [0.2, 0.25) is 0 Å². The number of phenols is 2. The van der Waals surface area contributed by atoms with Crippen LogP contribution >= 0.6 is 11.8 Å². The summed E-state index contributed by atoms with van der Waals surface area (Å²) in [6, 6.07) is 8.76. The van der Waals surface area contributed by atoms with Gasteiger partial charge in [-0.3, -0.25) is 0 Å². The molecule has 2 nitrogen and oxygen atoms in total. The molecule has 0 bridgehead atoms. The summed E-state index contributed by atoms with van der Waals surface area (Å²) in [5, 5.41) is 21.3. The summed E-state index contributed by atoms with van der Waals surface area (Å²) in [6.45, 7) is 8.83. The summed E-state index contributed by atoms with van der Waals surface area (Å²) >= 11 is 1.95. The van der Waals surface area contributed by atoms with Crippen molar-refractivity contribution >= 4 is 11.8 Å². The van der Waals surface area contributed by atoms with E-state index >= 15 is 0 Å². The Kier molecular flexibility index (Phi) is 12.8. The van der Waals surface area contributed by atoms with Gasteiger partial charge in [-0.25, -0.2) is 0 Å². The third-order valence-corrected chi connectivity index (χ3v) is 7.51. The van der Waals surface area contributed by atoms with Gasteiger partial charge in [-0.15, -0.1) is 0 Å². The zero-order valence-electron chi connectivity index (χ0n) is 21.5. The van der Waals surface area contributed by atoms with Crippen molar-refractivity contribution in [3.8, 4) is 11.5 Å². The fourth-order valence-corrected chi connectivity index (χ4v) is 5.33. The highest BCUT2D eigenvalue weighted by Gasteiger charge is 2.12. The third-order valence-electron chi connectivity index (χ3n) is 6.45. The van der Waals surface area contributed by atoms with Gasteiger partial charge >= 0.3 is 0 Å². The number of aromatic hydroxyl groups is 2. The molecule has 0 aromatic heterocycles. The molecule has 0 spiro atoms. The van der Waals surface area contributed by atoms with Gasteiger partial charge < -0.3 is 10.2 Å². The second-order valence-corrected chi connectivity index (χ2v) is 10.4. The topological polar surface area (TPSA) is 40.5 Å². The Morgan fingerprint density at radius 2 is 1.03 bits per heavy atom. The van der Waals surface area contributed by atoms with Crippen LogP contribution in [0.4, 0.5) is 0 Å². The molecule has 0 atom stereocenters. The van der Waals surface area contributed by atoms with Gasteiger partial charge in [0.15, 0.2) is 0 Å². The number of phenolic OH excluding ortho intramolecular Hbond substituents is 2. The molecule has 0 unspecified atom stereocenters. The van der Waals surface area contributed by atoms with E-state index in [-0.39, 0.29) is 0 Å². The molecule has 0 aliphatic heterocycles. The third kappa shape index (κ3) is 8.92. The predicted molar refractivity (Wildman–Crippen MR) is 146 cm³/mol. The Bertz CT molecular complexity index is 814. The normalized spacial score (nSPS) is 11.3. The highest BCUT2D eigenvalue weighted by Crippen LogP contribution is 2.32. The summed E-state index contributed by atoms with van der Waals surface area (Å²) in [6.07, 6.45) is 13.0. The minimum absolute atomic E-state index is 0.475. The lowest BCUT2D eigenvalue weighted by atomic mass is 9.97. The first-order chi connectivity index (χ1) is 16.0. The van der Waals surface area contributed by atoms with Gasteiger partial charge in [0.2, 0.25) is 0 Å². The Balaban J connectivity index is 2.18. The smallest absolute Gasteiger partial charge is 0.121 e. The Labute approximate surface area is 207 Å². The molecule has 2 N–H and O–H groups in total. The van der Waals surface area contributed by atoms with Crippen LogP contribution in [0, 0.1) is 0 Å². The lowest BCUT2D eigenvalue weighted by Gasteiger charge is -2.15. The van der Waals surface area contributed by atoms with E-state index in [4.69, 9.17) is 0 Å². The van der Waals surface area contributed by atoms with Crippen LogP contribution in [0.15, 0.2) is 24.3 Å². The van der Waals surface area contributed by atoms with E-state index in [1.54, 1.807) is 0 Å². The zero-order chi connectivity index (χ0) is 24.1. The molecule has 33 heavy (non-hydrogen) atoms. The molecule has 2 rings (SSSR count). The maximum Gasteiger partial charge on any atom is 0.121 e. The lowest BCUT2D eigenvalue weighted by molar-refractivity contribution is 0.458. The van der Waals surface area contributed by atoms with E-state index in [2.05, 4.69) is 45.9 Å². The molecule has 0 fully saturated rings. The van der Waals surface area contributed by atoms with Gasteiger partial charge in [0, 0.05) is 11.5 Å². The van der Waals surface area contributed by atoms with Crippen LogP contribution in [0.25, 0.3) is 0 Å². The van der Waals surface area contributed by atoms with E-state index in [9.17, 15) is 10.2 Å². The van der Waals surface area contributed by atoms with E-state index in [0.717, 1.165) is 98.8 Å². The molecule has 184 valence electrons. The molecular weight excluding hydrogens is 424 g/mol. The van der Waals surface area contributed by atoms with Crippen molar-refractivity contribution in [2.45, 2.75) is 116 Å². The van der Waals surface area contributed by atoms with Gasteiger partial charge in [0.25, 0.3) is 0 Å². The first kappa shape index (κ1) is 27.6. The summed E-state index contributed by atoms with van der Waals surface area (Å²) in [5.74, 6) is 2.93. The Hall–Kier alpha value is -1.61. The fourth-order valence-electron chi connectivity index (χ4n) is 4.34. The summed E-state index contributed by atoms with van der Waals surface area (Å²) < 4.78 is 0. The molecule has 0 heterocycles. The lowest BCUT2D eigenvalue weighted by Crippen LogP contribution is -1.98. The van der Waals surface area contributed by atoms with E-state index in [1.807, 2.05) is 17.8 Å². The molecule has 0 saturated heterocycles. The summed E-state index contributed by atoms with van der Waals surface area (Å²) in [4.78, 5) is 0. The minimum atomic E-state index is 0.475. The van der Waals surface area contributed by atoms with Crippen molar-refractivity contribution in [3.63, 3.8) is 0 Å². The van der Waals surface area contributed by atoms with Crippen molar-refractivity contribution in [2.24, 2.45) is 0 Å². The first-order valence-corrected chi connectivity index (χ1v) is 14.4. The average Bonchev–Trinajstić information content (AvgIpc) is 2.81. The number of hydrogen-bond donors (Lipinski definition) is 2. The second-order valence-electron chi connectivity index (χ2n) is 9.42. The monoisotopic (exact) mass is 470 g/mol. The van der Waals surface area contributed by atoms with Gasteiger partial charge in [0.1, 0.15) is 11.5 Å². The molecule has 3 heteroatoms. The van der Waals surface area contributed by atoms with Crippen LogP contribution < -0.4 is 0 Å². The standard InChI is InChI=1S/C30H46O2S/c1-5-9-13-24-20-29(31)25(14-10-6-2)19-28(24)22-33-21-23-17-26(15-11-7-3)30(32)27(18-23)16-12-8-4/h17-20,31-32H,5-16,21-22H2,1-4H3. The Morgan fingerprint density at radius 1 is 0.545 bits per heavy atom. The largest absolute Gasteiger partial charge is 0.508 e. The number of hydrogen-bond acceptors (Lipinski definition) is 3. The van der Waals surface area contributed by atoms with Gasteiger partial charge in [-0.1, -0.05) is 71.6 Å². The van der Waals surface area contributed by atoms with Crippen LogP contribution in [0.1, 0.15) is 112 Å². The minimum Gasteiger partial charge on any atom is -0.508 e. The number of thioether (sulfide) groups is 1. The molecule has 0 amide bonds. The van der Waals surface area contributed by atoms with Crippen LogP contribution in [-0.4, -0.2) is 10.2 Å².